The highest BCUT2D eigenvalue weighted by Crippen LogP contribution is 2.30. The van der Waals surface area contributed by atoms with Crippen molar-refractivity contribution in [3.05, 3.63) is 12.2 Å². The Labute approximate surface area is 69.4 Å². The van der Waals surface area contributed by atoms with Crippen molar-refractivity contribution in [2.75, 3.05) is 0 Å². The van der Waals surface area contributed by atoms with Crippen LogP contribution in [0.4, 0.5) is 0 Å². The van der Waals surface area contributed by atoms with E-state index in [0.717, 1.165) is 12.8 Å². The van der Waals surface area contributed by atoms with Gasteiger partial charge in [-0.3, -0.25) is 0 Å². The first-order valence-electron chi connectivity index (χ1n) is 3.16. The van der Waals surface area contributed by atoms with Gasteiger partial charge >= 0.3 is 0 Å². The van der Waals surface area contributed by atoms with E-state index in [2.05, 4.69) is 22.5 Å². The summed E-state index contributed by atoms with van der Waals surface area (Å²) in [5, 5.41) is 0.211. The van der Waals surface area contributed by atoms with E-state index in [9.17, 15) is 0 Å². The molecule has 1 rings (SSSR count). The lowest BCUT2D eigenvalue weighted by molar-refractivity contribution is 0.629. The Hall–Kier alpha value is 0.510. The number of hydrogen-bond acceptors (Lipinski definition) is 0. The van der Waals surface area contributed by atoms with Gasteiger partial charge in [0.1, 0.15) is 0 Å². The predicted molar refractivity (Wildman–Crippen MR) is 45.3 cm³/mol. The van der Waals surface area contributed by atoms with E-state index >= 15 is 0 Å². The van der Waals surface area contributed by atoms with Crippen LogP contribution in [-0.4, -0.2) is 10.2 Å². The highest BCUT2D eigenvalue weighted by molar-refractivity contribution is 9.09. The van der Waals surface area contributed by atoms with Gasteiger partial charge in [0.15, 0.2) is 0 Å². The summed E-state index contributed by atoms with van der Waals surface area (Å²) in [7, 11) is 0. The van der Waals surface area contributed by atoms with Crippen LogP contribution < -0.4 is 0 Å². The van der Waals surface area contributed by atoms with Crippen molar-refractivity contribution < 1.29 is 0 Å². The Morgan fingerprint density at radius 1 is 1.67 bits per heavy atom. The molecule has 0 radical (unpaired) electrons. The SMILES string of the molecule is C=C1CCC(Br)CC1Cl. The van der Waals surface area contributed by atoms with Crippen LogP contribution in [0.1, 0.15) is 19.3 Å². The highest BCUT2D eigenvalue weighted by Gasteiger charge is 2.20. The van der Waals surface area contributed by atoms with Crippen molar-refractivity contribution in [1.29, 1.82) is 0 Å². The molecule has 2 heteroatoms. The minimum absolute atomic E-state index is 0.211. The summed E-state index contributed by atoms with van der Waals surface area (Å²) in [6, 6.07) is 0. The summed E-state index contributed by atoms with van der Waals surface area (Å²) < 4.78 is 0. The third-order valence-corrected chi connectivity index (χ3v) is 3.00. The molecule has 0 nitrogen and oxygen atoms in total. The predicted octanol–water partition coefficient (Wildman–Crippen LogP) is 3.10. The molecule has 2 atom stereocenters. The van der Waals surface area contributed by atoms with Crippen molar-refractivity contribution in [3.63, 3.8) is 0 Å². The second-order valence-corrected chi connectivity index (χ2v) is 4.32. The van der Waals surface area contributed by atoms with Crippen LogP contribution in [0.5, 0.6) is 0 Å². The quantitative estimate of drug-likeness (QED) is 0.425. The fraction of sp³-hybridized carbons (Fsp3) is 0.714. The third-order valence-electron chi connectivity index (χ3n) is 1.68. The van der Waals surface area contributed by atoms with Crippen molar-refractivity contribution in [1.82, 2.24) is 0 Å². The zero-order valence-electron chi connectivity index (χ0n) is 5.24. The highest BCUT2D eigenvalue weighted by atomic mass is 79.9. The summed E-state index contributed by atoms with van der Waals surface area (Å²) in [5.74, 6) is 0. The first-order valence-corrected chi connectivity index (χ1v) is 4.51. The minimum Gasteiger partial charge on any atom is -0.118 e. The van der Waals surface area contributed by atoms with Crippen LogP contribution in [0.15, 0.2) is 12.2 Å². The number of allylic oxidation sites excluding steroid dienone is 1. The summed E-state index contributed by atoms with van der Waals surface area (Å²) >= 11 is 9.46. The van der Waals surface area contributed by atoms with E-state index < -0.39 is 0 Å². The summed E-state index contributed by atoms with van der Waals surface area (Å²) in [5.41, 5.74) is 1.20. The molecule has 1 saturated carbocycles. The van der Waals surface area contributed by atoms with E-state index in [1.54, 1.807) is 0 Å². The molecular formula is C7H10BrCl. The van der Waals surface area contributed by atoms with Crippen LogP contribution in [0, 0.1) is 0 Å². The molecule has 52 valence electrons. The Morgan fingerprint density at radius 2 is 2.33 bits per heavy atom. The Bertz CT molecular complexity index is 122. The van der Waals surface area contributed by atoms with Gasteiger partial charge in [0.2, 0.25) is 0 Å². The molecule has 0 bridgehead atoms. The molecular weight excluding hydrogens is 199 g/mol. The molecule has 1 aliphatic carbocycles. The van der Waals surface area contributed by atoms with Crippen LogP contribution in [0.3, 0.4) is 0 Å². The molecule has 9 heavy (non-hydrogen) atoms. The van der Waals surface area contributed by atoms with Crippen molar-refractivity contribution >= 4 is 27.5 Å². The van der Waals surface area contributed by atoms with Crippen LogP contribution >= 0.6 is 27.5 Å². The van der Waals surface area contributed by atoms with Gasteiger partial charge in [-0.15, -0.1) is 11.6 Å². The average molecular weight is 210 g/mol. The Morgan fingerprint density at radius 3 is 2.78 bits per heavy atom. The molecule has 0 amide bonds. The fourth-order valence-electron chi connectivity index (χ4n) is 1.01. The normalized spacial score (nSPS) is 36.9. The van der Waals surface area contributed by atoms with Gasteiger partial charge in [-0.05, 0) is 19.3 Å². The zero-order chi connectivity index (χ0) is 6.85. The lowest BCUT2D eigenvalue weighted by Crippen LogP contribution is -2.16. The molecule has 0 spiro atoms. The maximum Gasteiger partial charge on any atom is 0.0553 e. The first kappa shape index (κ1) is 7.62. The van der Waals surface area contributed by atoms with Crippen molar-refractivity contribution in [3.8, 4) is 0 Å². The van der Waals surface area contributed by atoms with Gasteiger partial charge in [0.25, 0.3) is 0 Å². The smallest absolute Gasteiger partial charge is 0.0553 e. The number of rotatable bonds is 0. The first-order chi connectivity index (χ1) is 4.20. The van der Waals surface area contributed by atoms with Crippen molar-refractivity contribution in [2.45, 2.75) is 29.5 Å². The third kappa shape index (κ3) is 1.98. The maximum atomic E-state index is 5.93. The molecule has 0 aromatic heterocycles. The summed E-state index contributed by atoms with van der Waals surface area (Å²) in [6.07, 6.45) is 3.33. The summed E-state index contributed by atoms with van der Waals surface area (Å²) in [4.78, 5) is 0.616. The Balaban J connectivity index is 2.44. The summed E-state index contributed by atoms with van der Waals surface area (Å²) in [6.45, 7) is 3.88. The van der Waals surface area contributed by atoms with Gasteiger partial charge in [0, 0.05) is 4.83 Å². The molecule has 0 N–H and O–H groups in total. The zero-order valence-corrected chi connectivity index (χ0v) is 7.58. The molecule has 0 aromatic rings. The van der Waals surface area contributed by atoms with Gasteiger partial charge < -0.3 is 0 Å². The van der Waals surface area contributed by atoms with E-state index in [1.807, 2.05) is 0 Å². The molecule has 1 aliphatic rings. The topological polar surface area (TPSA) is 0 Å². The largest absolute Gasteiger partial charge is 0.118 e. The number of hydrogen-bond donors (Lipinski definition) is 0. The van der Waals surface area contributed by atoms with Crippen LogP contribution in [0.2, 0.25) is 0 Å². The molecule has 0 heterocycles. The van der Waals surface area contributed by atoms with Gasteiger partial charge in [-0.1, -0.05) is 28.1 Å². The van der Waals surface area contributed by atoms with E-state index in [0.29, 0.717) is 4.83 Å². The second kappa shape index (κ2) is 3.07. The minimum atomic E-state index is 0.211. The lowest BCUT2D eigenvalue weighted by atomic mass is 9.96. The monoisotopic (exact) mass is 208 g/mol. The molecule has 0 saturated heterocycles. The average Bonchev–Trinajstić information content (AvgIpc) is 1.80. The lowest BCUT2D eigenvalue weighted by Gasteiger charge is -2.22. The standard InChI is InChI=1S/C7H10BrCl/c1-5-2-3-6(8)4-7(5)9/h6-7H,1-4H2. The fourth-order valence-corrected chi connectivity index (χ4v) is 2.15. The van der Waals surface area contributed by atoms with Gasteiger partial charge in [-0.2, -0.15) is 0 Å². The molecule has 2 unspecified atom stereocenters. The Kier molecular flexibility index (Phi) is 2.59. The maximum absolute atomic E-state index is 5.93. The van der Waals surface area contributed by atoms with Gasteiger partial charge in [-0.25, -0.2) is 0 Å². The molecule has 0 aromatic carbocycles. The van der Waals surface area contributed by atoms with Crippen molar-refractivity contribution in [2.24, 2.45) is 0 Å². The number of alkyl halides is 2. The van der Waals surface area contributed by atoms with E-state index in [1.165, 1.54) is 12.0 Å². The van der Waals surface area contributed by atoms with Crippen LogP contribution in [0.25, 0.3) is 0 Å². The molecule has 1 fully saturated rings. The van der Waals surface area contributed by atoms with Crippen LogP contribution in [-0.2, 0) is 0 Å². The number of halogens is 2. The van der Waals surface area contributed by atoms with E-state index in [-0.39, 0.29) is 5.38 Å². The second-order valence-electron chi connectivity index (χ2n) is 2.50. The van der Waals surface area contributed by atoms with Gasteiger partial charge in [0.05, 0.1) is 5.38 Å². The molecule has 0 aliphatic heterocycles. The van der Waals surface area contributed by atoms with E-state index in [4.69, 9.17) is 11.6 Å².